The van der Waals surface area contributed by atoms with Crippen molar-refractivity contribution in [1.29, 1.82) is 10.8 Å². The van der Waals surface area contributed by atoms with Crippen LogP contribution in [0.2, 0.25) is 0 Å². The summed E-state index contributed by atoms with van der Waals surface area (Å²) in [5.74, 6) is -2.19. The number of nitrogens with one attached hydrogen (secondary N) is 5. The Morgan fingerprint density at radius 1 is 0.826 bits per heavy atom. The minimum absolute atomic E-state index is 0.171. The molecule has 0 saturated carbocycles. The summed E-state index contributed by atoms with van der Waals surface area (Å²) in [5, 5.41) is 36.1. The van der Waals surface area contributed by atoms with Crippen LogP contribution in [0.3, 0.4) is 0 Å². The van der Waals surface area contributed by atoms with Crippen LogP contribution < -0.4 is 16.0 Å². The predicted molar refractivity (Wildman–Crippen MR) is 195 cm³/mol. The molecule has 4 rings (SSSR count). The van der Waals surface area contributed by atoms with Crippen LogP contribution in [0.1, 0.15) is 78.9 Å². The van der Waals surface area contributed by atoms with Gasteiger partial charge in [-0.1, -0.05) is 96.8 Å². The van der Waals surface area contributed by atoms with Crippen molar-refractivity contribution >= 4 is 46.4 Å². The van der Waals surface area contributed by atoms with E-state index in [1.807, 2.05) is 64.1 Å². The predicted octanol–water partition coefficient (Wildman–Crippen LogP) is 9.44. The number of hydrogen-bond donors (Lipinski definition) is 6. The Morgan fingerprint density at radius 2 is 1.37 bits per heavy atom. The number of fused-ring (bicyclic) bond motifs is 1. The molecule has 46 heavy (non-hydrogen) atoms. The summed E-state index contributed by atoms with van der Waals surface area (Å²) in [6.45, 7) is 14.7. The molecular formula is C38H51N5O3. The number of carbonyl (C=O) groups excluding carboxylic acids is 1. The summed E-state index contributed by atoms with van der Waals surface area (Å²) < 4.78 is 0. The summed E-state index contributed by atoms with van der Waals surface area (Å²) in [6.07, 6.45) is 6.26. The van der Waals surface area contributed by atoms with Crippen molar-refractivity contribution in [1.82, 2.24) is 0 Å². The summed E-state index contributed by atoms with van der Waals surface area (Å²) >= 11 is 0. The van der Waals surface area contributed by atoms with Crippen LogP contribution in [0.4, 0.5) is 17.1 Å². The van der Waals surface area contributed by atoms with Crippen LogP contribution in [0.15, 0.2) is 95.7 Å². The molecule has 3 aromatic rings. The zero-order chi connectivity index (χ0) is 34.5. The third-order valence-corrected chi connectivity index (χ3v) is 6.55. The number of aryl methyl sites for hydroxylation is 1. The van der Waals surface area contributed by atoms with Crippen LogP contribution in [0, 0.1) is 10.8 Å². The number of allylic oxidation sites excluding steroid dienone is 1. The molecule has 0 spiro atoms. The second-order valence-corrected chi connectivity index (χ2v) is 9.87. The number of benzene rings is 3. The van der Waals surface area contributed by atoms with Crippen LogP contribution in [-0.2, 0) is 16.0 Å². The highest BCUT2D eigenvalue weighted by Crippen LogP contribution is 2.28. The fourth-order valence-electron chi connectivity index (χ4n) is 4.29. The smallest absolute Gasteiger partial charge is 0.354 e. The fraction of sp³-hybridized carbons (Fsp3) is 0.316. The average molecular weight is 626 g/mol. The molecule has 246 valence electrons. The van der Waals surface area contributed by atoms with Gasteiger partial charge in [0.15, 0.2) is 0 Å². The number of rotatable bonds is 10. The maximum atomic E-state index is 13.5. The lowest BCUT2D eigenvalue weighted by molar-refractivity contribution is -0.129. The molecule has 1 aliphatic heterocycles. The van der Waals surface area contributed by atoms with Gasteiger partial charge in [-0.2, -0.15) is 0 Å². The first-order chi connectivity index (χ1) is 22.2. The summed E-state index contributed by atoms with van der Waals surface area (Å²) in [7, 11) is 0. The van der Waals surface area contributed by atoms with E-state index in [-0.39, 0.29) is 22.6 Å². The van der Waals surface area contributed by atoms with E-state index in [1.54, 1.807) is 48.5 Å². The quantitative estimate of drug-likeness (QED) is 0.0757. The second kappa shape index (κ2) is 21.7. The van der Waals surface area contributed by atoms with Crippen molar-refractivity contribution in [2.75, 3.05) is 22.5 Å². The first kappa shape index (κ1) is 39.0. The first-order valence-corrected chi connectivity index (χ1v) is 16.1. The van der Waals surface area contributed by atoms with E-state index >= 15 is 0 Å². The van der Waals surface area contributed by atoms with Crippen molar-refractivity contribution in [2.45, 2.75) is 74.1 Å². The molecule has 6 N–H and O–H groups in total. The molecule has 3 aromatic carbocycles. The van der Waals surface area contributed by atoms with Crippen LogP contribution >= 0.6 is 0 Å². The molecule has 0 aromatic heterocycles. The van der Waals surface area contributed by atoms with Gasteiger partial charge < -0.3 is 26.5 Å². The molecular weight excluding hydrogens is 574 g/mol. The van der Waals surface area contributed by atoms with Crippen molar-refractivity contribution < 1.29 is 14.7 Å². The van der Waals surface area contributed by atoms with E-state index in [4.69, 9.17) is 10.8 Å². The van der Waals surface area contributed by atoms with Gasteiger partial charge in [-0.05, 0) is 73.4 Å². The molecule has 0 fully saturated rings. The maximum absolute atomic E-state index is 13.5. The lowest BCUT2D eigenvalue weighted by Gasteiger charge is -2.20. The van der Waals surface area contributed by atoms with Crippen molar-refractivity contribution in [3.63, 3.8) is 0 Å². The number of para-hydroxylation sites is 2. The lowest BCUT2D eigenvalue weighted by atomic mass is 9.93. The first-order valence-electron chi connectivity index (χ1n) is 16.1. The average Bonchev–Trinajstić information content (AvgIpc) is 3.09. The molecule has 0 radical (unpaired) electrons. The topological polar surface area (TPSA) is 138 Å². The normalized spacial score (nSPS) is 11.9. The van der Waals surface area contributed by atoms with Crippen LogP contribution in [0.25, 0.3) is 6.08 Å². The van der Waals surface area contributed by atoms with Gasteiger partial charge in [0.2, 0.25) is 0 Å². The summed E-state index contributed by atoms with van der Waals surface area (Å²) in [4.78, 5) is 25.6. The number of carboxylic acids is 1. The highest BCUT2D eigenvalue weighted by molar-refractivity contribution is 6.46. The zero-order valence-electron chi connectivity index (χ0n) is 28.4. The molecule has 1 aliphatic rings. The number of carbonyl (C=O) groups is 2. The summed E-state index contributed by atoms with van der Waals surface area (Å²) in [5.41, 5.74) is 2.93. The van der Waals surface area contributed by atoms with Crippen LogP contribution in [0.5, 0.6) is 0 Å². The maximum Gasteiger partial charge on any atom is 0.354 e. The van der Waals surface area contributed by atoms with E-state index in [1.165, 1.54) is 19.8 Å². The highest BCUT2D eigenvalue weighted by Gasteiger charge is 2.28. The molecule has 0 saturated heterocycles. The number of anilines is 3. The molecule has 0 unspecified atom stereocenters. The van der Waals surface area contributed by atoms with E-state index in [2.05, 4.69) is 29.8 Å². The van der Waals surface area contributed by atoms with Gasteiger partial charge >= 0.3 is 5.97 Å². The van der Waals surface area contributed by atoms with Gasteiger partial charge in [0.25, 0.3) is 5.91 Å². The Kier molecular flexibility index (Phi) is 18.4. The Bertz CT molecular complexity index is 1480. The molecule has 1 heterocycles. The highest BCUT2D eigenvalue weighted by atomic mass is 16.4. The number of unbranched alkanes of at least 4 members (excludes halogenated alkanes) is 1. The SMILES string of the molecule is CC.CC.CC(=N)/C(C(=O)Nc1ccccc1)=C(C(=N)C(=O)O)/C(=C/c1ccc2c(c1)CCCN2)Nc1ccccc1.CCCC. The largest absolute Gasteiger partial charge is 0.477 e. The summed E-state index contributed by atoms with van der Waals surface area (Å²) in [6, 6.07) is 23.7. The third kappa shape index (κ3) is 12.2. The number of hydrogen-bond acceptors (Lipinski definition) is 6. The Morgan fingerprint density at radius 3 is 1.87 bits per heavy atom. The minimum Gasteiger partial charge on any atom is -0.477 e. The van der Waals surface area contributed by atoms with E-state index in [0.717, 1.165) is 36.2 Å². The molecule has 0 bridgehead atoms. The fourth-order valence-corrected chi connectivity index (χ4v) is 4.29. The standard InChI is InChI=1S/C30H29N5O3.C4H10.2C2H6/c1-19(31)26(29(36)35-23-12-6-3-7-13-23)27(28(32)30(37)38)25(34-22-10-4-2-5-11-22)18-20-14-15-24-21(17-20)9-8-16-33-24;1-3-4-2;2*1-2/h2-7,10-15,17-18,31-34H,8-9,16H2,1H3,(H,35,36)(H,37,38);3-4H2,1-2H3;2*1-2H3/b25-18-,27-26+,31-19?,32-28?;;;. The zero-order valence-corrected chi connectivity index (χ0v) is 28.4. The van der Waals surface area contributed by atoms with Crippen molar-refractivity contribution in [3.05, 3.63) is 107 Å². The van der Waals surface area contributed by atoms with Crippen molar-refractivity contribution in [3.8, 4) is 0 Å². The molecule has 8 heteroatoms. The Balaban J connectivity index is 0.00000121. The van der Waals surface area contributed by atoms with Gasteiger partial charge in [0.05, 0.1) is 5.57 Å². The Labute approximate surface area is 275 Å². The minimum atomic E-state index is -1.51. The monoisotopic (exact) mass is 625 g/mol. The molecule has 1 amide bonds. The van der Waals surface area contributed by atoms with Crippen LogP contribution in [-0.4, -0.2) is 35.0 Å². The molecule has 0 aliphatic carbocycles. The second-order valence-electron chi connectivity index (χ2n) is 9.87. The van der Waals surface area contributed by atoms with Gasteiger partial charge in [-0.3, -0.25) is 10.2 Å². The van der Waals surface area contributed by atoms with E-state index in [9.17, 15) is 14.7 Å². The van der Waals surface area contributed by atoms with Gasteiger partial charge in [0, 0.05) is 40.6 Å². The van der Waals surface area contributed by atoms with E-state index in [0.29, 0.717) is 11.4 Å². The van der Waals surface area contributed by atoms with E-state index < -0.39 is 17.6 Å². The Hall–Kier alpha value is -4.98. The number of carboxylic acid groups (broad SMARTS) is 1. The molecule has 0 atom stereocenters. The van der Waals surface area contributed by atoms with Crippen molar-refractivity contribution in [2.24, 2.45) is 0 Å². The number of aliphatic carboxylic acids is 1. The van der Waals surface area contributed by atoms with Gasteiger partial charge in [-0.15, -0.1) is 0 Å². The number of amides is 1. The molecule has 8 nitrogen and oxygen atoms in total. The van der Waals surface area contributed by atoms with Gasteiger partial charge in [-0.25, -0.2) is 4.79 Å². The third-order valence-electron chi connectivity index (χ3n) is 6.55. The van der Waals surface area contributed by atoms with Gasteiger partial charge in [0.1, 0.15) is 5.71 Å². The lowest BCUT2D eigenvalue weighted by Crippen LogP contribution is -2.28.